The highest BCUT2D eigenvalue weighted by Crippen LogP contribution is 2.38. The van der Waals surface area contributed by atoms with Crippen LogP contribution in [0.5, 0.6) is 0 Å². The molecule has 3 fully saturated rings. The highest BCUT2D eigenvalue weighted by Gasteiger charge is 2.29. The van der Waals surface area contributed by atoms with Crippen molar-refractivity contribution in [2.24, 2.45) is 0 Å². The van der Waals surface area contributed by atoms with Crippen molar-refractivity contribution in [1.29, 1.82) is 0 Å². The molecule has 1 saturated heterocycles. The standard InChI is InChI=1S/C19H30N4OS/c24-19(20-16-10-2-1-3-11-16)23-12-6-9-15(13-23)18-22-21-17(25-18)14-7-4-5-8-14/h14-16H,1-13H2,(H,20,24). The topological polar surface area (TPSA) is 58.1 Å². The maximum atomic E-state index is 12.6. The smallest absolute Gasteiger partial charge is 0.317 e. The van der Waals surface area contributed by atoms with Gasteiger partial charge >= 0.3 is 6.03 Å². The van der Waals surface area contributed by atoms with E-state index in [9.17, 15) is 4.79 Å². The number of nitrogens with one attached hydrogen (secondary N) is 1. The summed E-state index contributed by atoms with van der Waals surface area (Å²) < 4.78 is 0. The first-order valence-corrected chi connectivity index (χ1v) is 11.0. The lowest BCUT2D eigenvalue weighted by Gasteiger charge is -2.33. The second kappa shape index (κ2) is 8.02. The normalized spacial score (nSPS) is 26.1. The van der Waals surface area contributed by atoms with Gasteiger partial charge in [0.1, 0.15) is 10.0 Å². The molecule has 2 amide bonds. The fourth-order valence-electron chi connectivity index (χ4n) is 4.63. The molecule has 0 aromatic carbocycles. The molecule has 1 unspecified atom stereocenters. The zero-order chi connectivity index (χ0) is 17.1. The minimum Gasteiger partial charge on any atom is -0.335 e. The molecular weight excluding hydrogens is 332 g/mol. The van der Waals surface area contributed by atoms with E-state index in [2.05, 4.69) is 15.5 Å². The summed E-state index contributed by atoms with van der Waals surface area (Å²) in [4.78, 5) is 14.7. The van der Waals surface area contributed by atoms with E-state index in [-0.39, 0.29) is 6.03 Å². The molecule has 2 saturated carbocycles. The number of hydrogen-bond acceptors (Lipinski definition) is 4. The highest BCUT2D eigenvalue weighted by molar-refractivity contribution is 7.11. The lowest BCUT2D eigenvalue weighted by Crippen LogP contribution is -2.48. The van der Waals surface area contributed by atoms with E-state index >= 15 is 0 Å². The molecule has 0 radical (unpaired) electrons. The predicted molar refractivity (Wildman–Crippen MR) is 100 cm³/mol. The van der Waals surface area contributed by atoms with Gasteiger partial charge in [0.05, 0.1) is 0 Å². The fourth-order valence-corrected chi connectivity index (χ4v) is 5.76. The van der Waals surface area contributed by atoms with E-state index in [1.807, 2.05) is 4.90 Å². The number of carbonyl (C=O) groups is 1. The van der Waals surface area contributed by atoms with Gasteiger partial charge in [0.25, 0.3) is 0 Å². The zero-order valence-corrected chi connectivity index (χ0v) is 15.9. The largest absolute Gasteiger partial charge is 0.335 e. The molecule has 0 spiro atoms. The molecule has 138 valence electrons. The first-order chi connectivity index (χ1) is 12.3. The number of likely N-dealkylation sites (tertiary alicyclic amines) is 1. The van der Waals surface area contributed by atoms with Gasteiger partial charge in [-0.3, -0.25) is 0 Å². The third-order valence-corrected chi connectivity index (χ3v) is 7.40. The summed E-state index contributed by atoms with van der Waals surface area (Å²) in [5, 5.41) is 14.6. The van der Waals surface area contributed by atoms with E-state index in [1.54, 1.807) is 11.3 Å². The number of urea groups is 1. The van der Waals surface area contributed by atoms with Crippen LogP contribution in [0.25, 0.3) is 0 Å². The molecule has 1 atom stereocenters. The van der Waals surface area contributed by atoms with Crippen molar-refractivity contribution in [3.63, 3.8) is 0 Å². The van der Waals surface area contributed by atoms with E-state index in [0.717, 1.165) is 43.8 Å². The molecule has 4 rings (SSSR count). The van der Waals surface area contributed by atoms with E-state index in [1.165, 1.54) is 50.0 Å². The van der Waals surface area contributed by atoms with Crippen LogP contribution in [0.4, 0.5) is 4.79 Å². The summed E-state index contributed by atoms with van der Waals surface area (Å²) >= 11 is 1.81. The monoisotopic (exact) mass is 362 g/mol. The molecule has 1 aliphatic heterocycles. The van der Waals surface area contributed by atoms with Crippen molar-refractivity contribution in [2.75, 3.05) is 13.1 Å². The third kappa shape index (κ3) is 4.15. The number of piperidine rings is 1. The van der Waals surface area contributed by atoms with Gasteiger partial charge in [0.2, 0.25) is 0 Å². The maximum absolute atomic E-state index is 12.6. The first-order valence-electron chi connectivity index (χ1n) is 10.2. The molecule has 0 bridgehead atoms. The molecule has 1 aromatic heterocycles. The quantitative estimate of drug-likeness (QED) is 0.866. The van der Waals surface area contributed by atoms with Crippen molar-refractivity contribution in [2.45, 2.75) is 88.5 Å². The van der Waals surface area contributed by atoms with Crippen LogP contribution >= 0.6 is 11.3 Å². The van der Waals surface area contributed by atoms with Gasteiger partial charge in [-0.2, -0.15) is 0 Å². The summed E-state index contributed by atoms with van der Waals surface area (Å²) in [6, 6.07) is 0.522. The SMILES string of the molecule is O=C(NC1CCCCC1)N1CCCC(c2nnc(C3CCCC3)s2)C1. The van der Waals surface area contributed by atoms with E-state index in [4.69, 9.17) is 0 Å². The van der Waals surface area contributed by atoms with Crippen molar-refractivity contribution in [1.82, 2.24) is 20.4 Å². The van der Waals surface area contributed by atoms with Crippen molar-refractivity contribution < 1.29 is 4.79 Å². The van der Waals surface area contributed by atoms with Crippen molar-refractivity contribution >= 4 is 17.4 Å². The van der Waals surface area contributed by atoms with Crippen LogP contribution in [0.1, 0.15) is 92.5 Å². The van der Waals surface area contributed by atoms with Crippen LogP contribution in [0.2, 0.25) is 0 Å². The highest BCUT2D eigenvalue weighted by atomic mass is 32.1. The predicted octanol–water partition coefficient (Wildman–Crippen LogP) is 4.42. The average Bonchev–Trinajstić information content (AvgIpc) is 3.34. The number of amides is 2. The molecule has 25 heavy (non-hydrogen) atoms. The summed E-state index contributed by atoms with van der Waals surface area (Å²) in [6.45, 7) is 1.68. The number of carbonyl (C=O) groups excluding carboxylic acids is 1. The molecule has 5 nitrogen and oxygen atoms in total. The molecular formula is C19H30N4OS. The fraction of sp³-hybridized carbons (Fsp3) is 0.842. The van der Waals surface area contributed by atoms with Gasteiger partial charge in [0, 0.05) is 31.0 Å². The van der Waals surface area contributed by atoms with Crippen molar-refractivity contribution in [3.8, 4) is 0 Å². The Labute approximate surface area is 154 Å². The number of nitrogens with zero attached hydrogens (tertiary/aromatic N) is 3. The van der Waals surface area contributed by atoms with Crippen LogP contribution in [-0.2, 0) is 0 Å². The molecule has 1 aromatic rings. The number of rotatable bonds is 3. The maximum Gasteiger partial charge on any atom is 0.317 e. The Balaban J connectivity index is 1.34. The summed E-state index contributed by atoms with van der Waals surface area (Å²) in [5.74, 6) is 1.01. The second-order valence-electron chi connectivity index (χ2n) is 8.03. The molecule has 1 N–H and O–H groups in total. The van der Waals surface area contributed by atoms with Crippen LogP contribution in [-0.4, -0.2) is 40.3 Å². The summed E-state index contributed by atoms with van der Waals surface area (Å²) in [6.07, 6.45) is 13.5. The summed E-state index contributed by atoms with van der Waals surface area (Å²) in [7, 11) is 0. The lowest BCUT2D eigenvalue weighted by atomic mass is 9.95. The molecule has 2 heterocycles. The Morgan fingerprint density at radius 3 is 2.28 bits per heavy atom. The minimum absolute atomic E-state index is 0.136. The van der Waals surface area contributed by atoms with Crippen LogP contribution in [0.15, 0.2) is 0 Å². The van der Waals surface area contributed by atoms with Gasteiger partial charge in [-0.05, 0) is 38.5 Å². The second-order valence-corrected chi connectivity index (χ2v) is 9.07. The Kier molecular flexibility index (Phi) is 5.54. The third-order valence-electron chi connectivity index (χ3n) is 6.15. The van der Waals surface area contributed by atoms with Gasteiger partial charge in [-0.15, -0.1) is 21.5 Å². The molecule has 6 heteroatoms. The lowest BCUT2D eigenvalue weighted by molar-refractivity contribution is 0.172. The Morgan fingerprint density at radius 1 is 0.880 bits per heavy atom. The number of hydrogen-bond donors (Lipinski definition) is 1. The van der Waals surface area contributed by atoms with Crippen molar-refractivity contribution in [3.05, 3.63) is 10.0 Å². The number of aromatic nitrogens is 2. The zero-order valence-electron chi connectivity index (χ0n) is 15.1. The van der Waals surface area contributed by atoms with Gasteiger partial charge < -0.3 is 10.2 Å². The van der Waals surface area contributed by atoms with Gasteiger partial charge in [0.15, 0.2) is 0 Å². The Hall–Kier alpha value is -1.17. The van der Waals surface area contributed by atoms with Crippen LogP contribution in [0, 0.1) is 0 Å². The Bertz CT molecular complexity index is 578. The first kappa shape index (κ1) is 17.3. The van der Waals surface area contributed by atoms with Gasteiger partial charge in [-0.1, -0.05) is 32.1 Å². The van der Waals surface area contributed by atoms with Crippen LogP contribution in [0.3, 0.4) is 0 Å². The molecule has 3 aliphatic rings. The Morgan fingerprint density at radius 2 is 1.52 bits per heavy atom. The van der Waals surface area contributed by atoms with Gasteiger partial charge in [-0.25, -0.2) is 4.79 Å². The van der Waals surface area contributed by atoms with E-state index in [0.29, 0.717) is 17.9 Å². The molecule has 2 aliphatic carbocycles. The summed E-state index contributed by atoms with van der Waals surface area (Å²) in [5.41, 5.74) is 0. The van der Waals surface area contributed by atoms with Crippen LogP contribution < -0.4 is 5.32 Å². The average molecular weight is 363 g/mol. The van der Waals surface area contributed by atoms with E-state index < -0.39 is 0 Å². The minimum atomic E-state index is 0.136.